The summed E-state index contributed by atoms with van der Waals surface area (Å²) in [6.07, 6.45) is 0.786. The molecule has 27 heavy (non-hydrogen) atoms. The van der Waals surface area contributed by atoms with Crippen molar-refractivity contribution in [1.82, 2.24) is 10.6 Å². The van der Waals surface area contributed by atoms with E-state index in [2.05, 4.69) is 10.6 Å². The number of benzene rings is 2. The first-order chi connectivity index (χ1) is 13.0. The second-order valence-corrected chi connectivity index (χ2v) is 6.87. The lowest BCUT2D eigenvalue weighted by Gasteiger charge is -2.18. The molecule has 1 unspecified atom stereocenters. The van der Waals surface area contributed by atoms with Gasteiger partial charge in [0, 0.05) is 6.54 Å². The van der Waals surface area contributed by atoms with Gasteiger partial charge in [-0.25, -0.2) is 0 Å². The second kappa shape index (κ2) is 8.84. The topological polar surface area (TPSA) is 98.7 Å². The average Bonchev–Trinajstić information content (AvgIpc) is 3.48. The number of carbonyl (C=O) groups excluding carboxylic acids is 2. The lowest BCUT2D eigenvalue weighted by atomic mass is 9.76. The van der Waals surface area contributed by atoms with Crippen molar-refractivity contribution in [2.24, 2.45) is 11.8 Å². The molecule has 3 atom stereocenters. The summed E-state index contributed by atoms with van der Waals surface area (Å²) in [5.41, 5.74) is 1.89. The van der Waals surface area contributed by atoms with Crippen LogP contribution in [0.25, 0.3) is 0 Å². The minimum Gasteiger partial charge on any atom is -0.426 e. The van der Waals surface area contributed by atoms with Gasteiger partial charge in [0.05, 0.1) is 17.8 Å². The highest BCUT2D eigenvalue weighted by Crippen LogP contribution is 2.39. The first kappa shape index (κ1) is 19.1. The van der Waals surface area contributed by atoms with Crippen molar-refractivity contribution >= 4 is 18.9 Å². The van der Waals surface area contributed by atoms with Crippen LogP contribution in [0, 0.1) is 11.8 Å². The Morgan fingerprint density at radius 2 is 1.48 bits per heavy atom. The minimum atomic E-state index is -1.67. The van der Waals surface area contributed by atoms with Crippen molar-refractivity contribution in [3.8, 4) is 0 Å². The summed E-state index contributed by atoms with van der Waals surface area (Å²) >= 11 is 0. The zero-order chi connectivity index (χ0) is 19.2. The fraction of sp³-hybridized carbons (Fsp3) is 0.300. The van der Waals surface area contributed by atoms with Crippen molar-refractivity contribution in [1.29, 1.82) is 0 Å². The summed E-state index contributed by atoms with van der Waals surface area (Å²) in [6, 6.07) is 18.9. The Balaban J connectivity index is 1.48. The van der Waals surface area contributed by atoms with E-state index in [1.165, 1.54) is 0 Å². The lowest BCUT2D eigenvalue weighted by molar-refractivity contribution is -0.127. The number of hydrogen-bond acceptors (Lipinski definition) is 4. The van der Waals surface area contributed by atoms with Gasteiger partial charge in [-0.15, -0.1) is 0 Å². The van der Waals surface area contributed by atoms with Gasteiger partial charge >= 0.3 is 7.12 Å². The molecule has 0 aromatic heterocycles. The van der Waals surface area contributed by atoms with Gasteiger partial charge in [-0.1, -0.05) is 60.7 Å². The Hall–Kier alpha value is -2.64. The maximum atomic E-state index is 12.4. The van der Waals surface area contributed by atoms with Crippen LogP contribution in [-0.2, 0) is 22.6 Å². The molecule has 3 rings (SSSR count). The molecule has 0 heterocycles. The van der Waals surface area contributed by atoms with Crippen molar-refractivity contribution in [2.45, 2.75) is 25.3 Å². The molecule has 0 bridgehead atoms. The van der Waals surface area contributed by atoms with E-state index in [0.29, 0.717) is 19.4 Å². The van der Waals surface area contributed by atoms with Crippen molar-refractivity contribution < 1.29 is 19.6 Å². The second-order valence-electron chi connectivity index (χ2n) is 6.87. The van der Waals surface area contributed by atoms with E-state index < -0.39 is 19.0 Å². The van der Waals surface area contributed by atoms with E-state index in [4.69, 9.17) is 0 Å². The van der Waals surface area contributed by atoms with E-state index in [1.807, 2.05) is 60.7 Å². The lowest BCUT2D eigenvalue weighted by Crippen LogP contribution is -2.48. The SMILES string of the molecule is O=C(NCc1ccccc1)[C@@H]1C[C@H]1C(=O)NC(Cc1ccccc1)B(O)O. The Labute approximate surface area is 158 Å². The van der Waals surface area contributed by atoms with Crippen LogP contribution in [0.1, 0.15) is 17.5 Å². The first-order valence-corrected chi connectivity index (χ1v) is 9.06. The monoisotopic (exact) mass is 366 g/mol. The van der Waals surface area contributed by atoms with Crippen molar-refractivity contribution in [2.75, 3.05) is 0 Å². The Morgan fingerprint density at radius 3 is 2.07 bits per heavy atom. The molecule has 1 aliphatic carbocycles. The predicted molar refractivity (Wildman–Crippen MR) is 102 cm³/mol. The quantitative estimate of drug-likeness (QED) is 0.517. The molecular formula is C20H23BN2O4. The fourth-order valence-corrected chi connectivity index (χ4v) is 3.08. The maximum Gasteiger partial charge on any atom is 0.475 e. The number of amides is 2. The zero-order valence-corrected chi connectivity index (χ0v) is 14.9. The van der Waals surface area contributed by atoms with Gasteiger partial charge in [0.15, 0.2) is 0 Å². The highest BCUT2D eigenvalue weighted by Gasteiger charge is 2.48. The third-order valence-corrected chi connectivity index (χ3v) is 4.76. The molecule has 0 spiro atoms. The Bertz CT molecular complexity index is 770. The third-order valence-electron chi connectivity index (χ3n) is 4.76. The molecule has 0 radical (unpaired) electrons. The van der Waals surface area contributed by atoms with Gasteiger partial charge < -0.3 is 20.7 Å². The van der Waals surface area contributed by atoms with Crippen LogP contribution >= 0.6 is 0 Å². The fourth-order valence-electron chi connectivity index (χ4n) is 3.08. The summed E-state index contributed by atoms with van der Waals surface area (Å²) in [4.78, 5) is 24.6. The van der Waals surface area contributed by atoms with Crippen LogP contribution in [0.3, 0.4) is 0 Å². The third kappa shape index (κ3) is 5.42. The van der Waals surface area contributed by atoms with Crippen molar-refractivity contribution in [3.63, 3.8) is 0 Å². The molecule has 7 heteroatoms. The zero-order valence-electron chi connectivity index (χ0n) is 14.9. The van der Waals surface area contributed by atoms with Gasteiger partial charge in [-0.05, 0) is 24.0 Å². The molecule has 6 nitrogen and oxygen atoms in total. The number of rotatable bonds is 8. The molecular weight excluding hydrogens is 343 g/mol. The normalized spacial score (nSPS) is 19.0. The summed E-state index contributed by atoms with van der Waals surface area (Å²) in [6.45, 7) is 0.427. The van der Waals surface area contributed by atoms with Gasteiger partial charge in [-0.3, -0.25) is 9.59 Å². The average molecular weight is 366 g/mol. The van der Waals surface area contributed by atoms with E-state index in [-0.39, 0.29) is 17.7 Å². The highest BCUT2D eigenvalue weighted by atomic mass is 16.4. The van der Waals surface area contributed by atoms with Crippen LogP contribution in [0.2, 0.25) is 0 Å². The van der Waals surface area contributed by atoms with Crippen LogP contribution in [0.5, 0.6) is 0 Å². The predicted octanol–water partition coefficient (Wildman–Crippen LogP) is 0.678. The first-order valence-electron chi connectivity index (χ1n) is 9.06. The molecule has 2 aromatic carbocycles. The largest absolute Gasteiger partial charge is 0.475 e. The van der Waals surface area contributed by atoms with Gasteiger partial charge in [0.2, 0.25) is 11.8 Å². The number of carbonyl (C=O) groups is 2. The molecule has 1 aliphatic rings. The summed E-state index contributed by atoms with van der Waals surface area (Å²) in [5.74, 6) is -2.06. The molecule has 1 fully saturated rings. The summed E-state index contributed by atoms with van der Waals surface area (Å²) in [5, 5.41) is 24.7. The van der Waals surface area contributed by atoms with E-state index >= 15 is 0 Å². The smallest absolute Gasteiger partial charge is 0.426 e. The van der Waals surface area contributed by atoms with Crippen LogP contribution in [-0.4, -0.2) is 34.9 Å². The maximum absolute atomic E-state index is 12.4. The number of hydrogen-bond donors (Lipinski definition) is 4. The van der Waals surface area contributed by atoms with Crippen LogP contribution in [0.4, 0.5) is 0 Å². The Morgan fingerprint density at radius 1 is 0.926 bits per heavy atom. The number of nitrogens with one attached hydrogen (secondary N) is 2. The summed E-state index contributed by atoms with van der Waals surface area (Å²) in [7, 11) is -1.67. The van der Waals surface area contributed by atoms with E-state index in [1.54, 1.807) is 0 Å². The molecule has 2 amide bonds. The molecule has 2 aromatic rings. The molecule has 4 N–H and O–H groups in total. The Kier molecular flexibility index (Phi) is 6.26. The summed E-state index contributed by atoms with van der Waals surface area (Å²) < 4.78 is 0. The van der Waals surface area contributed by atoms with E-state index in [9.17, 15) is 19.6 Å². The minimum absolute atomic E-state index is 0.150. The van der Waals surface area contributed by atoms with E-state index in [0.717, 1.165) is 11.1 Å². The van der Waals surface area contributed by atoms with Gasteiger partial charge in [0.1, 0.15) is 0 Å². The molecule has 0 saturated heterocycles. The van der Waals surface area contributed by atoms with Crippen LogP contribution < -0.4 is 10.6 Å². The molecule has 0 aliphatic heterocycles. The van der Waals surface area contributed by atoms with Gasteiger partial charge in [0.25, 0.3) is 0 Å². The van der Waals surface area contributed by atoms with Gasteiger partial charge in [-0.2, -0.15) is 0 Å². The highest BCUT2D eigenvalue weighted by molar-refractivity contribution is 6.43. The standard InChI is InChI=1S/C20H23BN2O4/c24-19(22-13-15-9-5-2-6-10-15)16-12-17(16)20(25)23-18(21(26)27)11-14-7-3-1-4-8-14/h1-10,16-18,26-27H,11-13H2,(H,22,24)(H,23,25)/t16-,17-,18?/m1/s1. The molecule has 140 valence electrons. The molecule has 1 saturated carbocycles. The van der Waals surface area contributed by atoms with Crippen molar-refractivity contribution in [3.05, 3.63) is 71.8 Å². The van der Waals surface area contributed by atoms with Crippen LogP contribution in [0.15, 0.2) is 60.7 Å².